The summed E-state index contributed by atoms with van der Waals surface area (Å²) < 4.78 is 5.75. The number of halogens is 1. The first-order chi connectivity index (χ1) is 11.3. The van der Waals surface area contributed by atoms with Crippen LogP contribution in [0.3, 0.4) is 0 Å². The molecule has 1 amide bonds. The van der Waals surface area contributed by atoms with Crippen molar-refractivity contribution in [3.63, 3.8) is 0 Å². The molecular weight excluding hydrogens is 324 g/mol. The molecule has 24 heavy (non-hydrogen) atoms. The van der Waals surface area contributed by atoms with Gasteiger partial charge in [0.1, 0.15) is 5.75 Å². The zero-order chi connectivity index (χ0) is 17.9. The second-order valence-electron chi connectivity index (χ2n) is 6.08. The van der Waals surface area contributed by atoms with Crippen molar-refractivity contribution < 1.29 is 9.53 Å². The summed E-state index contributed by atoms with van der Waals surface area (Å²) in [7, 11) is 5.70. The molecule has 0 bridgehead atoms. The third-order valence-electron chi connectivity index (χ3n) is 3.59. The number of ether oxygens (including phenoxy) is 1. The highest BCUT2D eigenvalue weighted by molar-refractivity contribution is 6.31. The van der Waals surface area contributed by atoms with Crippen LogP contribution in [0.4, 0.5) is 11.4 Å². The van der Waals surface area contributed by atoms with Gasteiger partial charge in [0.25, 0.3) is 5.91 Å². The Morgan fingerprint density at radius 1 is 1.00 bits per heavy atom. The minimum absolute atomic E-state index is 0.0255. The van der Waals surface area contributed by atoms with Crippen molar-refractivity contribution in [1.82, 2.24) is 0 Å². The van der Waals surface area contributed by atoms with Crippen molar-refractivity contribution >= 4 is 28.9 Å². The lowest BCUT2D eigenvalue weighted by Crippen LogP contribution is -2.27. The molecule has 2 rings (SSSR count). The number of anilines is 2. The van der Waals surface area contributed by atoms with E-state index < -0.39 is 0 Å². The maximum atomic E-state index is 12.9. The summed E-state index contributed by atoms with van der Waals surface area (Å²) in [4.78, 5) is 16.5. The first-order valence-corrected chi connectivity index (χ1v) is 8.19. The van der Waals surface area contributed by atoms with E-state index in [0.29, 0.717) is 16.3 Å². The van der Waals surface area contributed by atoms with Crippen LogP contribution in [0, 0.1) is 0 Å². The quantitative estimate of drug-likeness (QED) is 0.800. The molecule has 2 aromatic carbocycles. The minimum atomic E-state index is -0.161. The highest BCUT2D eigenvalue weighted by Gasteiger charge is 2.19. The number of benzene rings is 2. The smallest absolute Gasteiger partial charge is 0.261 e. The van der Waals surface area contributed by atoms with Gasteiger partial charge in [-0.2, -0.15) is 0 Å². The average molecular weight is 347 g/mol. The summed E-state index contributed by atoms with van der Waals surface area (Å²) in [6.45, 7) is 3.85. The highest BCUT2D eigenvalue weighted by Crippen LogP contribution is 2.27. The van der Waals surface area contributed by atoms with E-state index in [9.17, 15) is 4.79 Å². The first kappa shape index (κ1) is 18.1. The fourth-order valence-corrected chi connectivity index (χ4v) is 2.47. The van der Waals surface area contributed by atoms with E-state index in [1.165, 1.54) is 0 Å². The Morgan fingerprint density at radius 3 is 2.12 bits per heavy atom. The van der Waals surface area contributed by atoms with Gasteiger partial charge in [-0.3, -0.25) is 4.79 Å². The summed E-state index contributed by atoms with van der Waals surface area (Å²) in [5.41, 5.74) is 2.34. The van der Waals surface area contributed by atoms with Crippen LogP contribution in [0.2, 0.25) is 5.02 Å². The first-order valence-electron chi connectivity index (χ1n) is 7.81. The van der Waals surface area contributed by atoms with E-state index in [2.05, 4.69) is 0 Å². The van der Waals surface area contributed by atoms with Crippen molar-refractivity contribution in [3.8, 4) is 5.75 Å². The van der Waals surface area contributed by atoms with Crippen molar-refractivity contribution in [1.29, 1.82) is 0 Å². The zero-order valence-corrected chi connectivity index (χ0v) is 15.5. The van der Waals surface area contributed by atoms with E-state index in [0.717, 1.165) is 11.4 Å². The van der Waals surface area contributed by atoms with Crippen molar-refractivity contribution in [2.24, 2.45) is 0 Å². The molecule has 0 fully saturated rings. The Hall–Kier alpha value is -2.20. The van der Waals surface area contributed by atoms with Crippen LogP contribution in [-0.2, 0) is 0 Å². The molecule has 0 saturated heterocycles. The lowest BCUT2D eigenvalue weighted by atomic mass is 10.1. The molecule has 0 N–H and O–H groups in total. The van der Waals surface area contributed by atoms with Crippen LogP contribution in [0.1, 0.15) is 24.2 Å². The fourth-order valence-electron chi connectivity index (χ4n) is 2.30. The molecule has 0 spiro atoms. The molecule has 0 saturated carbocycles. The lowest BCUT2D eigenvalue weighted by molar-refractivity contribution is 0.0987. The summed E-state index contributed by atoms with van der Waals surface area (Å²) in [6, 6.07) is 12.9. The fraction of sp³-hybridized carbons (Fsp3) is 0.316. The Bertz CT molecular complexity index is 712. The summed E-state index contributed by atoms with van der Waals surface area (Å²) in [5, 5.41) is 0.505. The summed E-state index contributed by atoms with van der Waals surface area (Å²) in [5.74, 6) is 0.377. The molecule has 0 heterocycles. The number of hydrogen-bond donors (Lipinski definition) is 0. The molecule has 0 radical (unpaired) electrons. The van der Waals surface area contributed by atoms with Crippen molar-refractivity contribution in [3.05, 3.63) is 53.1 Å². The van der Waals surface area contributed by atoms with E-state index in [4.69, 9.17) is 16.3 Å². The average Bonchev–Trinajstić information content (AvgIpc) is 2.54. The standard InChI is InChI=1S/C19H23ClN2O2/c1-13(2)24-18-11-6-14(20)12-17(18)19(23)22(5)16-9-7-15(8-10-16)21(3)4/h6-13H,1-5H3. The number of carbonyl (C=O) groups excluding carboxylic acids is 1. The van der Waals surface area contributed by atoms with Gasteiger partial charge in [0, 0.05) is 37.5 Å². The second-order valence-corrected chi connectivity index (χ2v) is 6.52. The predicted octanol–water partition coefficient (Wildman–Crippen LogP) is 4.47. The summed E-state index contributed by atoms with van der Waals surface area (Å²) in [6.07, 6.45) is -0.0255. The molecule has 0 aliphatic heterocycles. The van der Waals surface area contributed by atoms with Crippen molar-refractivity contribution in [2.75, 3.05) is 30.9 Å². The number of nitrogens with zero attached hydrogens (tertiary/aromatic N) is 2. The lowest BCUT2D eigenvalue weighted by Gasteiger charge is -2.21. The molecule has 0 atom stereocenters. The number of hydrogen-bond acceptors (Lipinski definition) is 3. The Labute approximate surface area is 148 Å². The minimum Gasteiger partial charge on any atom is -0.490 e. The number of carbonyl (C=O) groups is 1. The van der Waals surface area contributed by atoms with Gasteiger partial charge in [-0.05, 0) is 56.3 Å². The highest BCUT2D eigenvalue weighted by atomic mass is 35.5. The molecule has 4 nitrogen and oxygen atoms in total. The zero-order valence-electron chi connectivity index (χ0n) is 14.7. The molecule has 0 unspecified atom stereocenters. The molecular formula is C19H23ClN2O2. The monoisotopic (exact) mass is 346 g/mol. The van der Waals surface area contributed by atoms with Gasteiger partial charge >= 0.3 is 0 Å². The van der Waals surface area contributed by atoms with Crippen LogP contribution in [0.15, 0.2) is 42.5 Å². The van der Waals surface area contributed by atoms with Gasteiger partial charge in [-0.15, -0.1) is 0 Å². The molecule has 5 heteroatoms. The molecule has 0 aliphatic rings. The second kappa shape index (κ2) is 7.58. The van der Waals surface area contributed by atoms with Crippen LogP contribution in [0.5, 0.6) is 5.75 Å². The Balaban J connectivity index is 2.31. The van der Waals surface area contributed by atoms with Crippen molar-refractivity contribution in [2.45, 2.75) is 20.0 Å². The Morgan fingerprint density at radius 2 is 1.58 bits per heavy atom. The molecule has 0 aliphatic carbocycles. The molecule has 2 aromatic rings. The van der Waals surface area contributed by atoms with Gasteiger partial charge in [-0.1, -0.05) is 11.6 Å². The maximum Gasteiger partial charge on any atom is 0.261 e. The van der Waals surface area contributed by atoms with E-state index in [1.807, 2.05) is 57.1 Å². The van der Waals surface area contributed by atoms with Crippen LogP contribution < -0.4 is 14.5 Å². The largest absolute Gasteiger partial charge is 0.490 e. The third-order valence-corrected chi connectivity index (χ3v) is 3.83. The van der Waals surface area contributed by atoms with Gasteiger partial charge in [0.2, 0.25) is 0 Å². The Kier molecular flexibility index (Phi) is 5.73. The van der Waals surface area contributed by atoms with Crippen LogP contribution in [-0.4, -0.2) is 33.2 Å². The topological polar surface area (TPSA) is 32.8 Å². The van der Waals surface area contributed by atoms with Crippen LogP contribution >= 0.6 is 11.6 Å². The van der Waals surface area contributed by atoms with Gasteiger partial charge in [0.15, 0.2) is 0 Å². The number of rotatable bonds is 5. The van der Waals surface area contributed by atoms with Gasteiger partial charge in [-0.25, -0.2) is 0 Å². The maximum absolute atomic E-state index is 12.9. The van der Waals surface area contributed by atoms with E-state index in [1.54, 1.807) is 30.1 Å². The summed E-state index contributed by atoms with van der Waals surface area (Å²) >= 11 is 6.07. The molecule has 128 valence electrons. The third kappa shape index (κ3) is 4.20. The van der Waals surface area contributed by atoms with Gasteiger partial charge < -0.3 is 14.5 Å². The number of amides is 1. The molecule has 0 aromatic heterocycles. The van der Waals surface area contributed by atoms with Crippen LogP contribution in [0.25, 0.3) is 0 Å². The van der Waals surface area contributed by atoms with E-state index >= 15 is 0 Å². The SMILES string of the molecule is CC(C)Oc1ccc(Cl)cc1C(=O)N(C)c1ccc(N(C)C)cc1. The van der Waals surface area contributed by atoms with Gasteiger partial charge in [0.05, 0.1) is 11.7 Å². The predicted molar refractivity (Wildman–Crippen MR) is 101 cm³/mol. The van der Waals surface area contributed by atoms with E-state index in [-0.39, 0.29) is 12.0 Å². The normalized spacial score (nSPS) is 10.6.